The summed E-state index contributed by atoms with van der Waals surface area (Å²) in [7, 11) is 5.67. The number of imidazole rings is 1. The highest BCUT2D eigenvalue weighted by molar-refractivity contribution is 6.15. The fourth-order valence-corrected chi connectivity index (χ4v) is 6.45. The second kappa shape index (κ2) is 9.48. The van der Waals surface area contributed by atoms with Crippen molar-refractivity contribution >= 4 is 15.8 Å². The summed E-state index contributed by atoms with van der Waals surface area (Å²) in [6.07, 6.45) is 5.07. The van der Waals surface area contributed by atoms with Crippen molar-refractivity contribution < 1.29 is 13.2 Å². The number of nitrogens with zero attached hydrogens (tertiary/aromatic N) is 6. The van der Waals surface area contributed by atoms with Crippen LogP contribution in [0.15, 0.2) is 53.8 Å². The van der Waals surface area contributed by atoms with Gasteiger partial charge < -0.3 is 4.57 Å². The van der Waals surface area contributed by atoms with Crippen molar-refractivity contribution in [2.45, 2.75) is 62.8 Å². The molecule has 6 rings (SSSR count). The zero-order valence-electron chi connectivity index (χ0n) is 21.9. The number of aromatic nitrogens is 5. The minimum Gasteiger partial charge on any atom is -0.320 e. The van der Waals surface area contributed by atoms with Gasteiger partial charge in [0.15, 0.2) is 0 Å². The van der Waals surface area contributed by atoms with Crippen LogP contribution >= 0.6 is 0 Å². The third-order valence-electron chi connectivity index (χ3n) is 8.45. The fourth-order valence-electron chi connectivity index (χ4n) is 6.08. The molecule has 1 aliphatic heterocycles. The van der Waals surface area contributed by atoms with Crippen molar-refractivity contribution in [3.05, 3.63) is 82.1 Å². The number of fused-ring (bicyclic) bond motifs is 1. The predicted octanol–water partition coefficient (Wildman–Crippen LogP) is 4.65. The number of halogens is 3. The molecule has 4 heterocycles. The summed E-state index contributed by atoms with van der Waals surface area (Å²) in [5.41, 5.74) is 0.437. The summed E-state index contributed by atoms with van der Waals surface area (Å²) < 4.78 is 47.1. The van der Waals surface area contributed by atoms with Crippen molar-refractivity contribution in [1.29, 1.82) is 0 Å². The molecule has 0 amide bonds. The molecule has 0 unspecified atom stereocenters. The van der Waals surface area contributed by atoms with Crippen LogP contribution in [0.4, 0.5) is 13.2 Å². The van der Waals surface area contributed by atoms with Gasteiger partial charge in [0, 0.05) is 37.1 Å². The lowest BCUT2D eigenvalue weighted by Gasteiger charge is -2.33. The molecule has 2 fully saturated rings. The van der Waals surface area contributed by atoms with Crippen LogP contribution < -0.4 is 5.69 Å². The van der Waals surface area contributed by atoms with E-state index >= 15 is 0 Å². The quantitative estimate of drug-likeness (QED) is 0.328. The van der Waals surface area contributed by atoms with E-state index in [9.17, 15) is 18.0 Å². The highest BCUT2D eigenvalue weighted by Gasteiger charge is 2.37. The number of likely N-dealkylation sites (tertiary alicyclic amines) is 1. The van der Waals surface area contributed by atoms with E-state index in [0.29, 0.717) is 23.7 Å². The van der Waals surface area contributed by atoms with Gasteiger partial charge in [-0.05, 0) is 67.5 Å². The van der Waals surface area contributed by atoms with Crippen LogP contribution in [0, 0.1) is 5.92 Å². The van der Waals surface area contributed by atoms with E-state index in [4.69, 9.17) is 0 Å². The summed E-state index contributed by atoms with van der Waals surface area (Å²) in [5.74, 6) is 1.24. The SMILES string of the molecule is Cn1cnnc1[C@@H](c1cccc(-n2cc3c(C(F)(F)F)cc(CN4CCC[C@@]4(C)[Si])cn3c2=O)c1)C1CCC1. The third-order valence-corrected chi connectivity index (χ3v) is 9.01. The molecule has 1 aromatic carbocycles. The Hall–Kier alpha value is -3.18. The molecule has 1 saturated heterocycles. The Morgan fingerprint density at radius 1 is 1.18 bits per heavy atom. The summed E-state index contributed by atoms with van der Waals surface area (Å²) in [6.45, 7) is 3.11. The first-order valence-electron chi connectivity index (χ1n) is 13.3. The van der Waals surface area contributed by atoms with Gasteiger partial charge in [-0.1, -0.05) is 25.5 Å². The molecule has 2 atom stereocenters. The maximum Gasteiger partial charge on any atom is 0.418 e. The predicted molar refractivity (Wildman–Crippen MR) is 142 cm³/mol. The van der Waals surface area contributed by atoms with Gasteiger partial charge in [0.2, 0.25) is 0 Å². The summed E-state index contributed by atoms with van der Waals surface area (Å²) in [4.78, 5) is 15.7. The Kier molecular flexibility index (Phi) is 6.33. The molecule has 4 aromatic rings. The van der Waals surface area contributed by atoms with Crippen LogP contribution in [0.25, 0.3) is 11.2 Å². The van der Waals surface area contributed by atoms with Crippen molar-refractivity contribution in [2.75, 3.05) is 6.54 Å². The first kappa shape index (κ1) is 26.1. The average molecular weight is 552 g/mol. The van der Waals surface area contributed by atoms with Gasteiger partial charge >= 0.3 is 11.9 Å². The van der Waals surface area contributed by atoms with Crippen molar-refractivity contribution in [2.24, 2.45) is 13.0 Å². The van der Waals surface area contributed by atoms with Crippen LogP contribution in [0.2, 0.25) is 0 Å². The smallest absolute Gasteiger partial charge is 0.320 e. The van der Waals surface area contributed by atoms with E-state index in [1.807, 2.05) is 36.7 Å². The van der Waals surface area contributed by atoms with Crippen LogP contribution in [0.1, 0.15) is 67.5 Å². The van der Waals surface area contributed by atoms with E-state index in [-0.39, 0.29) is 16.6 Å². The van der Waals surface area contributed by atoms with Crippen LogP contribution in [-0.2, 0) is 19.8 Å². The summed E-state index contributed by atoms with van der Waals surface area (Å²) >= 11 is 0. The Morgan fingerprint density at radius 3 is 2.59 bits per heavy atom. The van der Waals surface area contributed by atoms with Crippen molar-refractivity contribution in [3.63, 3.8) is 0 Å². The van der Waals surface area contributed by atoms with E-state index in [0.717, 1.165) is 54.4 Å². The molecule has 39 heavy (non-hydrogen) atoms. The molecule has 7 nitrogen and oxygen atoms in total. The van der Waals surface area contributed by atoms with Gasteiger partial charge in [0.25, 0.3) is 0 Å². The molecule has 11 heteroatoms. The lowest BCUT2D eigenvalue weighted by molar-refractivity contribution is -0.136. The number of hydrogen-bond donors (Lipinski definition) is 0. The Bertz CT molecular complexity index is 1580. The van der Waals surface area contributed by atoms with Crippen molar-refractivity contribution in [3.8, 4) is 5.69 Å². The second-order valence-corrected chi connectivity index (χ2v) is 12.2. The normalized spacial score (nSPS) is 21.5. The average Bonchev–Trinajstić information content (AvgIpc) is 3.52. The maximum absolute atomic E-state index is 14.2. The molecular weight excluding hydrogens is 521 g/mol. The van der Waals surface area contributed by atoms with Gasteiger partial charge in [-0.25, -0.2) is 4.79 Å². The zero-order valence-corrected chi connectivity index (χ0v) is 22.9. The molecule has 3 radical (unpaired) electrons. The Morgan fingerprint density at radius 2 is 1.97 bits per heavy atom. The molecule has 0 N–H and O–H groups in total. The molecule has 0 spiro atoms. The Balaban J connectivity index is 1.44. The lowest BCUT2D eigenvalue weighted by atomic mass is 9.72. The highest BCUT2D eigenvalue weighted by atomic mass is 28.1. The van der Waals surface area contributed by atoms with Gasteiger partial charge in [0.05, 0.1) is 27.0 Å². The minimum atomic E-state index is -4.61. The molecule has 203 valence electrons. The highest BCUT2D eigenvalue weighted by Crippen LogP contribution is 2.43. The maximum atomic E-state index is 14.2. The minimum absolute atomic E-state index is 0.00452. The monoisotopic (exact) mass is 551 g/mol. The molecule has 0 bridgehead atoms. The van der Waals surface area contributed by atoms with E-state index < -0.39 is 17.4 Å². The van der Waals surface area contributed by atoms with Gasteiger partial charge in [-0.3, -0.25) is 13.9 Å². The Labute approximate surface area is 227 Å². The number of pyridine rings is 1. The van der Waals surface area contributed by atoms with E-state index in [2.05, 4.69) is 25.3 Å². The number of benzene rings is 1. The molecule has 3 aromatic heterocycles. The first-order chi connectivity index (χ1) is 18.5. The summed E-state index contributed by atoms with van der Waals surface area (Å²) in [5, 5.41) is 8.13. The number of rotatable bonds is 6. The number of alkyl halides is 3. The molecular formula is C28H30F3N6OSi. The molecule has 1 saturated carbocycles. The number of hydrogen-bond acceptors (Lipinski definition) is 4. The topological polar surface area (TPSA) is 60.4 Å². The summed E-state index contributed by atoms with van der Waals surface area (Å²) in [6, 6.07) is 8.67. The van der Waals surface area contributed by atoms with Gasteiger partial charge in [-0.15, -0.1) is 10.2 Å². The zero-order chi connectivity index (χ0) is 27.5. The van der Waals surface area contributed by atoms with Gasteiger partial charge in [0.1, 0.15) is 12.2 Å². The van der Waals surface area contributed by atoms with E-state index in [1.54, 1.807) is 18.6 Å². The first-order valence-corrected chi connectivity index (χ1v) is 13.8. The van der Waals surface area contributed by atoms with Crippen LogP contribution in [0.3, 0.4) is 0 Å². The standard InChI is InChI=1S/C28H30F3N6OSi/c1-27(39)10-5-11-35(27)14-18-12-22(28(29,30)31)23-16-36(26(38)37(23)15-18)21-9-4-8-20(13-21)24(19-6-3-7-19)25-33-32-17-34(25)2/h4,8-9,12-13,15-17,19,24H,3,5-7,10-11,14H2,1-2H3/t24-,27-/m1/s1. The van der Waals surface area contributed by atoms with Crippen molar-refractivity contribution in [1.82, 2.24) is 28.6 Å². The largest absolute Gasteiger partial charge is 0.418 e. The molecule has 2 aliphatic rings. The van der Waals surface area contributed by atoms with E-state index in [1.165, 1.54) is 16.8 Å². The second-order valence-electron chi connectivity index (χ2n) is 11.2. The van der Waals surface area contributed by atoms with Crippen LogP contribution in [0.5, 0.6) is 0 Å². The fraction of sp³-hybridized carbons (Fsp3) is 0.464. The van der Waals surface area contributed by atoms with Crippen LogP contribution in [-0.4, -0.2) is 50.6 Å². The lowest BCUT2D eigenvalue weighted by Crippen LogP contribution is -2.41. The van der Waals surface area contributed by atoms with Gasteiger partial charge in [-0.2, -0.15) is 13.2 Å². The third kappa shape index (κ3) is 4.65. The molecule has 1 aliphatic carbocycles. The number of aryl methyl sites for hydroxylation is 1.